The molecule has 0 fully saturated rings. The number of nitrogens with zero attached hydrogens (tertiary/aromatic N) is 1. The van der Waals surface area contributed by atoms with Crippen LogP contribution in [0.4, 0.5) is 0 Å². The van der Waals surface area contributed by atoms with Crippen molar-refractivity contribution in [3.63, 3.8) is 0 Å². The van der Waals surface area contributed by atoms with Gasteiger partial charge in [-0.2, -0.15) is 52.0 Å². The summed E-state index contributed by atoms with van der Waals surface area (Å²) in [6, 6.07) is 10.2. The molecule has 3 nitrogen and oxygen atoms in total. The van der Waals surface area contributed by atoms with Crippen LogP contribution in [0.5, 0.6) is 11.8 Å². The summed E-state index contributed by atoms with van der Waals surface area (Å²) in [4.78, 5) is 4.71. The lowest BCUT2D eigenvalue weighted by Crippen LogP contribution is -2.28. The number of aromatic nitrogens is 1. The van der Waals surface area contributed by atoms with Gasteiger partial charge in [-0.3, -0.25) is 0 Å². The molecule has 27 heavy (non-hydrogen) atoms. The molecule has 3 unspecified atom stereocenters. The van der Waals surface area contributed by atoms with E-state index in [0.29, 0.717) is 28.9 Å². The predicted molar refractivity (Wildman–Crippen MR) is 129 cm³/mol. The summed E-state index contributed by atoms with van der Waals surface area (Å²) in [7, 11) is 0. The van der Waals surface area contributed by atoms with E-state index in [9.17, 15) is 0 Å². The Labute approximate surface area is 180 Å². The van der Waals surface area contributed by atoms with Crippen molar-refractivity contribution in [3.05, 3.63) is 30.3 Å². The van der Waals surface area contributed by atoms with Crippen molar-refractivity contribution in [3.8, 4) is 11.8 Å². The fraction of sp³-hybridized carbons (Fsp3) is 0.550. The molecule has 0 saturated heterocycles. The van der Waals surface area contributed by atoms with E-state index in [1.807, 2.05) is 65.2 Å². The molecule has 2 aromatic rings. The molecule has 2 rings (SSSR count). The van der Waals surface area contributed by atoms with Crippen LogP contribution < -0.4 is 9.47 Å². The summed E-state index contributed by atoms with van der Waals surface area (Å²) in [5, 5.41) is 3.01. The van der Waals surface area contributed by atoms with Crippen molar-refractivity contribution >= 4 is 57.8 Å². The zero-order valence-corrected chi connectivity index (χ0v) is 19.9. The molecule has 7 heteroatoms. The van der Waals surface area contributed by atoms with Gasteiger partial charge in [0.25, 0.3) is 0 Å². The van der Waals surface area contributed by atoms with Gasteiger partial charge >= 0.3 is 0 Å². The maximum Gasteiger partial charge on any atom is 0.224 e. The summed E-state index contributed by atoms with van der Waals surface area (Å²) in [6.07, 6.45) is 8.60. The average Bonchev–Trinajstić information content (AvgIpc) is 2.69. The van der Waals surface area contributed by atoms with Crippen molar-refractivity contribution in [2.24, 2.45) is 0 Å². The molecule has 0 radical (unpaired) electrons. The first-order chi connectivity index (χ1) is 13.1. The summed E-state index contributed by atoms with van der Waals surface area (Å²) >= 11 is 7.37. The molecule has 0 spiro atoms. The lowest BCUT2D eigenvalue weighted by atomic mass is 10.1. The van der Waals surface area contributed by atoms with Crippen LogP contribution >= 0.6 is 47.0 Å². The van der Waals surface area contributed by atoms with Gasteiger partial charge in [0.15, 0.2) is 0 Å². The number of hydrogen-bond acceptors (Lipinski definition) is 7. The van der Waals surface area contributed by atoms with Crippen molar-refractivity contribution in [1.82, 2.24) is 4.98 Å². The highest BCUT2D eigenvalue weighted by Gasteiger charge is 2.20. The third-order valence-electron chi connectivity index (χ3n) is 4.24. The normalized spacial score (nSPS) is 14.7. The Balaban J connectivity index is 2.23. The summed E-state index contributed by atoms with van der Waals surface area (Å²) in [5.41, 5.74) is 0. The van der Waals surface area contributed by atoms with E-state index < -0.39 is 0 Å². The number of rotatable bonds is 12. The van der Waals surface area contributed by atoms with Crippen LogP contribution in [0.1, 0.15) is 6.92 Å². The second kappa shape index (κ2) is 12.2. The number of pyridine rings is 1. The number of thioether (sulfide) groups is 4. The average molecular weight is 444 g/mol. The third-order valence-corrected chi connectivity index (χ3v) is 8.21. The zero-order chi connectivity index (χ0) is 19.6. The Morgan fingerprint density at radius 2 is 1.74 bits per heavy atom. The number of benzene rings is 1. The van der Waals surface area contributed by atoms with Gasteiger partial charge in [-0.1, -0.05) is 18.2 Å². The van der Waals surface area contributed by atoms with Crippen LogP contribution in [0.25, 0.3) is 10.8 Å². The maximum absolute atomic E-state index is 6.32. The molecular weight excluding hydrogens is 414 g/mol. The van der Waals surface area contributed by atoms with Crippen molar-refractivity contribution in [2.45, 2.75) is 23.5 Å². The zero-order valence-electron chi connectivity index (χ0n) is 16.6. The van der Waals surface area contributed by atoms with E-state index in [1.165, 1.54) is 0 Å². The van der Waals surface area contributed by atoms with Crippen LogP contribution in [0.2, 0.25) is 0 Å². The SMILES string of the molecule is CSCC(COc1cc2ccccc2c(OC(C)C(CSC)SC)n1)SC. The Morgan fingerprint density at radius 3 is 2.41 bits per heavy atom. The second-order valence-corrected chi connectivity index (χ2v) is 10.2. The minimum Gasteiger partial charge on any atom is -0.476 e. The molecule has 1 aromatic heterocycles. The van der Waals surface area contributed by atoms with Gasteiger partial charge < -0.3 is 9.47 Å². The van der Waals surface area contributed by atoms with Gasteiger partial charge in [-0.05, 0) is 43.4 Å². The highest BCUT2D eigenvalue weighted by molar-refractivity contribution is 8.03. The lowest BCUT2D eigenvalue weighted by Gasteiger charge is -2.23. The van der Waals surface area contributed by atoms with Gasteiger partial charge in [0.2, 0.25) is 11.8 Å². The molecule has 3 atom stereocenters. The third kappa shape index (κ3) is 6.87. The van der Waals surface area contributed by atoms with E-state index >= 15 is 0 Å². The fourth-order valence-corrected chi connectivity index (χ4v) is 6.28. The van der Waals surface area contributed by atoms with Crippen molar-refractivity contribution in [1.29, 1.82) is 0 Å². The first-order valence-electron chi connectivity index (χ1n) is 8.85. The quantitative estimate of drug-likeness (QED) is 0.424. The maximum atomic E-state index is 6.32. The van der Waals surface area contributed by atoms with E-state index in [-0.39, 0.29) is 6.10 Å². The van der Waals surface area contributed by atoms with E-state index in [1.54, 1.807) is 0 Å². The molecule has 150 valence electrons. The van der Waals surface area contributed by atoms with Gasteiger partial charge in [-0.25, -0.2) is 0 Å². The van der Waals surface area contributed by atoms with Crippen molar-refractivity contribution in [2.75, 3.05) is 43.1 Å². The number of fused-ring (bicyclic) bond motifs is 1. The van der Waals surface area contributed by atoms with Crippen molar-refractivity contribution < 1.29 is 9.47 Å². The first kappa shape index (κ1) is 22.9. The van der Waals surface area contributed by atoms with Gasteiger partial charge in [0, 0.05) is 28.2 Å². The monoisotopic (exact) mass is 443 g/mol. The molecule has 0 aliphatic carbocycles. The number of hydrogen-bond donors (Lipinski definition) is 0. The Bertz CT molecular complexity index is 701. The molecule has 0 amide bonds. The minimum absolute atomic E-state index is 0.0778. The molecule has 0 N–H and O–H groups in total. The van der Waals surface area contributed by atoms with Gasteiger partial charge in [-0.15, -0.1) is 0 Å². The van der Waals surface area contributed by atoms with E-state index in [4.69, 9.17) is 14.5 Å². The van der Waals surface area contributed by atoms with E-state index in [0.717, 1.165) is 22.3 Å². The number of ether oxygens (including phenoxy) is 2. The molecule has 0 aliphatic rings. The Hall–Kier alpha value is -0.370. The molecule has 0 saturated carbocycles. The second-order valence-electron chi connectivity index (χ2n) is 6.16. The molecule has 1 heterocycles. The molecule has 0 bridgehead atoms. The standard InChI is InChI=1S/C20H29NO2S4/c1-14(18(27-5)13-25-3)23-20-17-9-7-6-8-15(17)10-19(21-20)22-11-16(26-4)12-24-2/h6-10,14,16,18H,11-13H2,1-5H3. The minimum atomic E-state index is 0.0778. The molecular formula is C20H29NO2S4. The summed E-state index contributed by atoms with van der Waals surface area (Å²) in [5.74, 6) is 3.43. The first-order valence-corrected chi connectivity index (χ1v) is 14.2. The highest BCUT2D eigenvalue weighted by atomic mass is 32.2. The Morgan fingerprint density at radius 1 is 1.00 bits per heavy atom. The largest absolute Gasteiger partial charge is 0.476 e. The molecule has 1 aromatic carbocycles. The molecule has 0 aliphatic heterocycles. The van der Waals surface area contributed by atoms with Gasteiger partial charge in [0.1, 0.15) is 12.7 Å². The van der Waals surface area contributed by atoms with Crippen LogP contribution in [0.3, 0.4) is 0 Å². The highest BCUT2D eigenvalue weighted by Crippen LogP contribution is 2.30. The smallest absolute Gasteiger partial charge is 0.224 e. The van der Waals surface area contributed by atoms with Crippen LogP contribution in [0.15, 0.2) is 30.3 Å². The summed E-state index contributed by atoms with van der Waals surface area (Å²) in [6.45, 7) is 2.78. The predicted octanol–water partition coefficient (Wildman–Crippen LogP) is 5.57. The Kier molecular flexibility index (Phi) is 10.4. The lowest BCUT2D eigenvalue weighted by molar-refractivity contribution is 0.214. The summed E-state index contributed by atoms with van der Waals surface area (Å²) < 4.78 is 12.4. The van der Waals surface area contributed by atoms with Crippen LogP contribution in [-0.4, -0.2) is 64.7 Å². The van der Waals surface area contributed by atoms with E-state index in [2.05, 4.69) is 44.1 Å². The van der Waals surface area contributed by atoms with Crippen LogP contribution in [-0.2, 0) is 0 Å². The topological polar surface area (TPSA) is 31.4 Å². The van der Waals surface area contributed by atoms with Gasteiger partial charge in [0.05, 0.1) is 5.25 Å². The fourth-order valence-electron chi connectivity index (χ4n) is 2.67. The van der Waals surface area contributed by atoms with Crippen LogP contribution in [0, 0.1) is 0 Å².